The normalized spacial score (nSPS) is 21.4. The van der Waals surface area contributed by atoms with Crippen molar-refractivity contribution in [2.45, 2.75) is 37.1 Å². The van der Waals surface area contributed by atoms with Crippen molar-refractivity contribution >= 4 is 44.8 Å². The molecule has 0 saturated carbocycles. The summed E-state index contributed by atoms with van der Waals surface area (Å²) in [4.78, 5) is 25.7. The van der Waals surface area contributed by atoms with E-state index >= 15 is 0 Å². The summed E-state index contributed by atoms with van der Waals surface area (Å²) in [7, 11) is -3.68. The highest BCUT2D eigenvalue weighted by Gasteiger charge is 2.38. The van der Waals surface area contributed by atoms with Crippen LogP contribution in [0.2, 0.25) is 4.34 Å². The molecule has 1 aromatic rings. The monoisotopic (exact) mass is 590 g/mol. The van der Waals surface area contributed by atoms with Gasteiger partial charge in [-0.2, -0.15) is 17.5 Å². The molecule has 1 amide bonds. The molecule has 9 nitrogen and oxygen atoms in total. The van der Waals surface area contributed by atoms with Crippen LogP contribution in [0.15, 0.2) is 16.3 Å². The van der Waals surface area contributed by atoms with Gasteiger partial charge in [-0.15, -0.1) is 11.3 Å². The third-order valence-electron chi connectivity index (χ3n) is 6.04. The second kappa shape index (κ2) is 14.1. The highest BCUT2D eigenvalue weighted by atomic mass is 35.5. The summed E-state index contributed by atoms with van der Waals surface area (Å²) < 4.78 is 60.4. The number of carboxylic acids is 1. The lowest BCUT2D eigenvalue weighted by atomic mass is 9.92. The van der Waals surface area contributed by atoms with Gasteiger partial charge in [0.25, 0.3) is 10.0 Å². The molecule has 37 heavy (non-hydrogen) atoms. The van der Waals surface area contributed by atoms with Crippen molar-refractivity contribution < 1.29 is 36.3 Å². The number of thiophene rings is 1. The fraction of sp³-hybridized carbons (Fsp3) is 0.727. The smallest absolute Gasteiger partial charge is 0.475 e. The van der Waals surface area contributed by atoms with Gasteiger partial charge in [-0.05, 0) is 30.4 Å². The molecule has 0 radical (unpaired) electrons. The van der Waals surface area contributed by atoms with Crippen LogP contribution in [0, 0.1) is 11.8 Å². The van der Waals surface area contributed by atoms with E-state index in [1.54, 1.807) is 12.1 Å². The lowest BCUT2D eigenvalue weighted by Crippen LogP contribution is -2.48. The van der Waals surface area contributed by atoms with Gasteiger partial charge in [-0.25, -0.2) is 13.2 Å². The van der Waals surface area contributed by atoms with Crippen LogP contribution >= 0.6 is 22.9 Å². The van der Waals surface area contributed by atoms with Crippen LogP contribution in [0.4, 0.5) is 13.2 Å². The highest BCUT2D eigenvalue weighted by Crippen LogP contribution is 2.28. The van der Waals surface area contributed by atoms with Crippen molar-refractivity contribution in [1.82, 2.24) is 19.4 Å². The molecular weight excluding hydrogens is 557 g/mol. The van der Waals surface area contributed by atoms with Gasteiger partial charge in [0.15, 0.2) is 0 Å². The number of carbonyl (C=O) groups is 2. The van der Waals surface area contributed by atoms with Crippen LogP contribution in [0.5, 0.6) is 0 Å². The predicted octanol–water partition coefficient (Wildman–Crippen LogP) is 2.83. The maximum Gasteiger partial charge on any atom is 0.490 e. The van der Waals surface area contributed by atoms with Crippen LogP contribution in [-0.4, -0.2) is 105 Å². The minimum absolute atomic E-state index is 0.0149. The first-order valence-electron chi connectivity index (χ1n) is 12.0. The topological polar surface area (TPSA) is 110 Å². The number of carboxylic acid groups (broad SMARTS) is 1. The molecule has 3 rings (SSSR count). The first-order valence-corrected chi connectivity index (χ1v) is 14.6. The summed E-state index contributed by atoms with van der Waals surface area (Å²) in [6, 6.07) is 3.16. The summed E-state index contributed by atoms with van der Waals surface area (Å²) in [6.07, 6.45) is -3.67. The van der Waals surface area contributed by atoms with Crippen LogP contribution < -0.4 is 5.32 Å². The predicted molar refractivity (Wildman–Crippen MR) is 135 cm³/mol. The quantitative estimate of drug-likeness (QED) is 0.479. The molecule has 2 unspecified atom stereocenters. The molecular formula is C22H34ClF3N4O5S2. The number of piperidine rings is 1. The van der Waals surface area contributed by atoms with E-state index in [0.29, 0.717) is 42.4 Å². The molecule has 0 aromatic carbocycles. The number of alkyl halides is 3. The zero-order chi connectivity index (χ0) is 27.8. The molecule has 0 bridgehead atoms. The van der Waals surface area contributed by atoms with Crippen LogP contribution in [0.3, 0.4) is 0 Å². The van der Waals surface area contributed by atoms with Crippen LogP contribution in [0.1, 0.15) is 26.7 Å². The van der Waals surface area contributed by atoms with E-state index in [1.165, 1.54) is 10.7 Å². The Hall–Kier alpha value is -1.45. The lowest BCUT2D eigenvalue weighted by Gasteiger charge is -2.36. The molecule has 2 fully saturated rings. The summed E-state index contributed by atoms with van der Waals surface area (Å²) in [5.41, 5.74) is 0. The number of nitrogens with one attached hydrogen (secondary N) is 1. The SMILES string of the molecule is CC1CC(C)CN(CCN(CCC(=O)N2CCNCC2)S(=O)(=O)c2ccc(Cl)s2)C1.O=C(O)C(F)(F)F. The number of amides is 1. The number of hydrogen-bond donors (Lipinski definition) is 2. The number of nitrogens with zero attached hydrogens (tertiary/aromatic N) is 3. The van der Waals surface area contributed by atoms with Gasteiger partial charge in [0, 0.05) is 65.3 Å². The Balaban J connectivity index is 0.000000604. The number of carbonyl (C=O) groups excluding carboxylic acids is 1. The average molecular weight is 591 g/mol. The number of halogens is 4. The molecule has 0 spiro atoms. The Bertz CT molecular complexity index is 993. The second-order valence-corrected chi connectivity index (χ2v) is 13.2. The largest absolute Gasteiger partial charge is 0.490 e. The van der Waals surface area contributed by atoms with Gasteiger partial charge < -0.3 is 20.2 Å². The molecule has 2 atom stereocenters. The molecule has 0 aliphatic carbocycles. The van der Waals surface area contributed by atoms with Gasteiger partial charge in [0.05, 0.1) is 4.34 Å². The van der Waals surface area contributed by atoms with Gasteiger partial charge >= 0.3 is 12.1 Å². The fourth-order valence-corrected chi connectivity index (χ4v) is 7.50. The van der Waals surface area contributed by atoms with E-state index in [2.05, 4.69) is 24.1 Å². The number of likely N-dealkylation sites (tertiary alicyclic amines) is 1. The number of piperazine rings is 1. The summed E-state index contributed by atoms with van der Waals surface area (Å²) >= 11 is 7.06. The van der Waals surface area contributed by atoms with Crippen LogP contribution in [0.25, 0.3) is 0 Å². The van der Waals surface area contributed by atoms with Crippen molar-refractivity contribution in [1.29, 1.82) is 0 Å². The molecule has 2 saturated heterocycles. The van der Waals surface area contributed by atoms with E-state index in [0.717, 1.165) is 37.5 Å². The van der Waals surface area contributed by atoms with Gasteiger partial charge in [0.1, 0.15) is 4.21 Å². The molecule has 212 valence electrons. The molecule has 2 N–H and O–H groups in total. The van der Waals surface area contributed by atoms with Crippen molar-refractivity contribution in [3.05, 3.63) is 16.5 Å². The van der Waals surface area contributed by atoms with Crippen molar-refractivity contribution in [3.8, 4) is 0 Å². The Morgan fingerprint density at radius 2 is 1.73 bits per heavy atom. The van der Waals surface area contributed by atoms with E-state index in [1.807, 2.05) is 4.90 Å². The van der Waals surface area contributed by atoms with Crippen molar-refractivity contribution in [3.63, 3.8) is 0 Å². The molecule has 3 heterocycles. The van der Waals surface area contributed by atoms with E-state index in [4.69, 9.17) is 21.5 Å². The third kappa shape index (κ3) is 10.3. The minimum atomic E-state index is -5.08. The van der Waals surface area contributed by atoms with E-state index in [9.17, 15) is 26.4 Å². The van der Waals surface area contributed by atoms with E-state index < -0.39 is 22.2 Å². The second-order valence-electron chi connectivity index (χ2n) is 9.35. The zero-order valence-electron chi connectivity index (χ0n) is 20.8. The van der Waals surface area contributed by atoms with Gasteiger partial charge in [-0.1, -0.05) is 25.4 Å². The number of rotatable bonds is 8. The Kier molecular flexibility index (Phi) is 12.1. The highest BCUT2D eigenvalue weighted by molar-refractivity contribution is 7.91. The maximum absolute atomic E-state index is 13.3. The van der Waals surface area contributed by atoms with Crippen molar-refractivity contribution in [2.75, 3.05) is 58.9 Å². The number of sulfonamides is 1. The van der Waals surface area contributed by atoms with Gasteiger partial charge in [0.2, 0.25) is 5.91 Å². The number of hydrogen-bond acceptors (Lipinski definition) is 7. The first kappa shape index (κ1) is 31.8. The standard InChI is InChI=1S/C20H33ClN4O3S2.C2HF3O2/c1-16-13-17(2)15-23(14-16)11-12-25(30(27,28)20-4-3-18(21)29-20)8-5-19(26)24-9-6-22-7-10-24;3-2(4,5)1(6)7/h3-4,16-17,22H,5-15H2,1-2H3;(H,6,7). The fourth-order valence-electron chi connectivity index (χ4n) is 4.44. The van der Waals surface area contributed by atoms with Crippen molar-refractivity contribution in [2.24, 2.45) is 11.8 Å². The summed E-state index contributed by atoms with van der Waals surface area (Å²) in [5.74, 6) is -1.51. The summed E-state index contributed by atoms with van der Waals surface area (Å²) in [5, 5.41) is 10.4. The third-order valence-corrected chi connectivity index (χ3v) is 9.64. The molecule has 15 heteroatoms. The maximum atomic E-state index is 13.3. The Morgan fingerprint density at radius 3 is 2.22 bits per heavy atom. The Labute approximate surface area is 224 Å². The average Bonchev–Trinajstić information content (AvgIpc) is 3.25. The molecule has 2 aliphatic heterocycles. The zero-order valence-corrected chi connectivity index (χ0v) is 23.2. The van der Waals surface area contributed by atoms with E-state index in [-0.39, 0.29) is 23.1 Å². The lowest BCUT2D eigenvalue weighted by molar-refractivity contribution is -0.192. The Morgan fingerprint density at radius 1 is 1.16 bits per heavy atom. The first-order chi connectivity index (χ1) is 17.2. The minimum Gasteiger partial charge on any atom is -0.475 e. The van der Waals surface area contributed by atoms with Gasteiger partial charge in [-0.3, -0.25) is 4.79 Å². The molecule has 2 aliphatic rings. The number of aliphatic carboxylic acids is 1. The van der Waals surface area contributed by atoms with Crippen LogP contribution in [-0.2, 0) is 19.6 Å². The molecule has 1 aromatic heterocycles. The summed E-state index contributed by atoms with van der Waals surface area (Å²) in [6.45, 7) is 10.6.